The third-order valence-corrected chi connectivity index (χ3v) is 3.42. The van der Waals surface area contributed by atoms with Gasteiger partial charge in [-0.05, 0) is 37.0 Å². The Labute approximate surface area is 106 Å². The van der Waals surface area contributed by atoms with Crippen molar-refractivity contribution >= 4 is 23.3 Å². The summed E-state index contributed by atoms with van der Waals surface area (Å²) in [7, 11) is 0. The average molecular weight is 254 g/mol. The van der Waals surface area contributed by atoms with E-state index in [0.29, 0.717) is 16.5 Å². The number of piperidine rings is 1. The minimum Gasteiger partial charge on any atom is -0.478 e. The SMILES string of the molecule is C[C@@H]1CCCN(c2ccc(Cl)cc2C(=O)O)C1. The number of aromatic carboxylic acids is 1. The average Bonchev–Trinajstić information content (AvgIpc) is 2.28. The van der Waals surface area contributed by atoms with Crippen molar-refractivity contribution in [1.82, 2.24) is 0 Å². The minimum atomic E-state index is -0.916. The van der Waals surface area contributed by atoms with Crippen LogP contribution in [-0.4, -0.2) is 24.2 Å². The third-order valence-electron chi connectivity index (χ3n) is 3.19. The molecule has 3 nitrogen and oxygen atoms in total. The number of hydrogen-bond acceptors (Lipinski definition) is 2. The van der Waals surface area contributed by atoms with Crippen molar-refractivity contribution in [3.05, 3.63) is 28.8 Å². The Balaban J connectivity index is 2.33. The number of rotatable bonds is 2. The second-order valence-electron chi connectivity index (χ2n) is 4.66. The van der Waals surface area contributed by atoms with Crippen LogP contribution >= 0.6 is 11.6 Å². The molecule has 1 aromatic carbocycles. The molecule has 17 heavy (non-hydrogen) atoms. The van der Waals surface area contributed by atoms with Crippen LogP contribution in [0.1, 0.15) is 30.1 Å². The molecular formula is C13H16ClNO2. The first-order valence-electron chi connectivity index (χ1n) is 5.85. The van der Waals surface area contributed by atoms with Crippen molar-refractivity contribution in [2.24, 2.45) is 5.92 Å². The highest BCUT2D eigenvalue weighted by Gasteiger charge is 2.21. The van der Waals surface area contributed by atoms with Crippen LogP contribution in [0.2, 0.25) is 5.02 Å². The Morgan fingerprint density at radius 2 is 2.29 bits per heavy atom. The summed E-state index contributed by atoms with van der Waals surface area (Å²) in [4.78, 5) is 13.4. The van der Waals surface area contributed by atoms with E-state index in [0.717, 1.165) is 25.2 Å². The Kier molecular flexibility index (Phi) is 3.57. The molecule has 0 radical (unpaired) electrons. The van der Waals surface area contributed by atoms with Crippen LogP contribution in [0.3, 0.4) is 0 Å². The van der Waals surface area contributed by atoms with Gasteiger partial charge in [-0.3, -0.25) is 0 Å². The molecule has 0 saturated carbocycles. The molecule has 1 heterocycles. The maximum absolute atomic E-state index is 11.2. The molecule has 0 spiro atoms. The van der Waals surface area contributed by atoms with Crippen LogP contribution in [-0.2, 0) is 0 Å². The standard InChI is InChI=1S/C13H16ClNO2/c1-9-3-2-6-15(8-9)12-5-4-10(14)7-11(12)13(16)17/h4-5,7,9H,2-3,6,8H2,1H3,(H,16,17)/t9-/m1/s1. The predicted octanol–water partition coefficient (Wildman–Crippen LogP) is 3.27. The van der Waals surface area contributed by atoms with Crippen LogP contribution in [0, 0.1) is 5.92 Å². The van der Waals surface area contributed by atoms with E-state index in [2.05, 4.69) is 11.8 Å². The molecule has 0 aliphatic carbocycles. The van der Waals surface area contributed by atoms with Gasteiger partial charge in [-0.1, -0.05) is 18.5 Å². The summed E-state index contributed by atoms with van der Waals surface area (Å²) >= 11 is 5.85. The van der Waals surface area contributed by atoms with Crippen LogP contribution < -0.4 is 4.90 Å². The molecule has 0 unspecified atom stereocenters. The van der Waals surface area contributed by atoms with Crippen molar-refractivity contribution in [2.75, 3.05) is 18.0 Å². The van der Waals surface area contributed by atoms with Crippen LogP contribution in [0.5, 0.6) is 0 Å². The van der Waals surface area contributed by atoms with Gasteiger partial charge in [0.1, 0.15) is 0 Å². The van der Waals surface area contributed by atoms with Gasteiger partial charge in [-0.2, -0.15) is 0 Å². The zero-order valence-electron chi connectivity index (χ0n) is 9.82. The quantitative estimate of drug-likeness (QED) is 0.879. The Bertz CT molecular complexity index is 433. The summed E-state index contributed by atoms with van der Waals surface area (Å²) in [5.74, 6) is -0.304. The maximum Gasteiger partial charge on any atom is 0.337 e. The van der Waals surface area contributed by atoms with E-state index in [-0.39, 0.29) is 0 Å². The van der Waals surface area contributed by atoms with Gasteiger partial charge in [0.2, 0.25) is 0 Å². The molecule has 4 heteroatoms. The fourth-order valence-corrected chi connectivity index (χ4v) is 2.54. The molecule has 0 bridgehead atoms. The van der Waals surface area contributed by atoms with E-state index < -0.39 is 5.97 Å². The summed E-state index contributed by atoms with van der Waals surface area (Å²) in [6.07, 6.45) is 2.33. The van der Waals surface area contributed by atoms with E-state index in [4.69, 9.17) is 11.6 Å². The zero-order chi connectivity index (χ0) is 12.4. The highest BCUT2D eigenvalue weighted by Crippen LogP contribution is 2.28. The molecule has 2 rings (SSSR count). The predicted molar refractivity (Wildman–Crippen MR) is 69.0 cm³/mol. The summed E-state index contributed by atoms with van der Waals surface area (Å²) in [5, 5.41) is 9.67. The summed E-state index contributed by atoms with van der Waals surface area (Å²) in [6.45, 7) is 4.04. The number of carboxylic acid groups (broad SMARTS) is 1. The van der Waals surface area contributed by atoms with Crippen molar-refractivity contribution < 1.29 is 9.90 Å². The molecule has 1 aromatic rings. The summed E-state index contributed by atoms with van der Waals surface area (Å²) in [5.41, 5.74) is 1.08. The molecule has 1 aliphatic rings. The van der Waals surface area contributed by atoms with Gasteiger partial charge in [0, 0.05) is 18.1 Å². The molecule has 92 valence electrons. The first kappa shape index (κ1) is 12.2. The van der Waals surface area contributed by atoms with Gasteiger partial charge in [0.15, 0.2) is 0 Å². The third kappa shape index (κ3) is 2.72. The Hall–Kier alpha value is -1.22. The minimum absolute atomic E-state index is 0.298. The Morgan fingerprint density at radius 1 is 1.53 bits per heavy atom. The second-order valence-corrected chi connectivity index (χ2v) is 5.10. The van der Waals surface area contributed by atoms with E-state index >= 15 is 0 Å². The van der Waals surface area contributed by atoms with Gasteiger partial charge in [0.05, 0.1) is 11.3 Å². The normalized spacial score (nSPS) is 20.4. The highest BCUT2D eigenvalue weighted by molar-refractivity contribution is 6.31. The van der Waals surface area contributed by atoms with Crippen LogP contribution in [0.15, 0.2) is 18.2 Å². The topological polar surface area (TPSA) is 40.5 Å². The lowest BCUT2D eigenvalue weighted by molar-refractivity contribution is 0.0697. The number of carbonyl (C=O) groups is 1. The summed E-state index contributed by atoms with van der Waals surface area (Å²) in [6, 6.07) is 5.09. The molecule has 0 amide bonds. The lowest BCUT2D eigenvalue weighted by Crippen LogP contribution is -2.35. The monoisotopic (exact) mass is 253 g/mol. The van der Waals surface area contributed by atoms with E-state index in [1.165, 1.54) is 12.5 Å². The molecule has 1 saturated heterocycles. The maximum atomic E-state index is 11.2. The smallest absolute Gasteiger partial charge is 0.337 e. The van der Waals surface area contributed by atoms with E-state index in [1.807, 2.05) is 6.07 Å². The summed E-state index contributed by atoms with van der Waals surface area (Å²) < 4.78 is 0. The molecule has 1 atom stereocenters. The number of anilines is 1. The van der Waals surface area contributed by atoms with Crippen molar-refractivity contribution in [3.8, 4) is 0 Å². The van der Waals surface area contributed by atoms with Crippen LogP contribution in [0.25, 0.3) is 0 Å². The van der Waals surface area contributed by atoms with Crippen molar-refractivity contribution in [2.45, 2.75) is 19.8 Å². The number of nitrogens with zero attached hydrogens (tertiary/aromatic N) is 1. The number of carboxylic acids is 1. The van der Waals surface area contributed by atoms with E-state index in [9.17, 15) is 9.90 Å². The zero-order valence-corrected chi connectivity index (χ0v) is 10.6. The fraction of sp³-hybridized carbons (Fsp3) is 0.462. The molecule has 1 fully saturated rings. The molecule has 1 aliphatic heterocycles. The first-order valence-corrected chi connectivity index (χ1v) is 6.23. The number of hydrogen-bond donors (Lipinski definition) is 1. The van der Waals surface area contributed by atoms with Gasteiger partial charge in [-0.25, -0.2) is 4.79 Å². The van der Waals surface area contributed by atoms with Crippen LogP contribution in [0.4, 0.5) is 5.69 Å². The Morgan fingerprint density at radius 3 is 2.94 bits per heavy atom. The number of halogens is 1. The molecular weight excluding hydrogens is 238 g/mol. The lowest BCUT2D eigenvalue weighted by atomic mass is 9.99. The van der Waals surface area contributed by atoms with E-state index in [1.54, 1.807) is 6.07 Å². The van der Waals surface area contributed by atoms with Gasteiger partial charge < -0.3 is 10.0 Å². The van der Waals surface area contributed by atoms with Crippen molar-refractivity contribution in [3.63, 3.8) is 0 Å². The molecule has 0 aromatic heterocycles. The fourth-order valence-electron chi connectivity index (χ4n) is 2.36. The lowest BCUT2D eigenvalue weighted by Gasteiger charge is -2.33. The van der Waals surface area contributed by atoms with Crippen molar-refractivity contribution in [1.29, 1.82) is 0 Å². The second kappa shape index (κ2) is 4.96. The largest absolute Gasteiger partial charge is 0.478 e. The first-order chi connectivity index (χ1) is 8.08. The molecule has 1 N–H and O–H groups in total. The highest BCUT2D eigenvalue weighted by atomic mass is 35.5. The van der Waals surface area contributed by atoms with Gasteiger partial charge in [-0.15, -0.1) is 0 Å². The van der Waals surface area contributed by atoms with Gasteiger partial charge in [0.25, 0.3) is 0 Å². The number of benzene rings is 1. The van der Waals surface area contributed by atoms with Gasteiger partial charge >= 0.3 is 5.97 Å².